The van der Waals surface area contributed by atoms with Crippen molar-refractivity contribution in [3.8, 4) is 44.5 Å². The van der Waals surface area contributed by atoms with E-state index in [9.17, 15) is 0 Å². The van der Waals surface area contributed by atoms with E-state index in [0.717, 1.165) is 21.9 Å². The van der Waals surface area contributed by atoms with Gasteiger partial charge in [0.05, 0.1) is 0 Å². The molecular weight excluding hydrogens is 737 g/mol. The molecule has 11 aromatic rings. The molecular formula is C60H42O. The van der Waals surface area contributed by atoms with Gasteiger partial charge in [-0.1, -0.05) is 196 Å². The maximum absolute atomic E-state index is 6.18. The van der Waals surface area contributed by atoms with E-state index in [4.69, 9.17) is 4.42 Å². The Hall–Kier alpha value is -7.48. The van der Waals surface area contributed by atoms with Crippen LogP contribution in [0.25, 0.3) is 88.0 Å². The molecule has 1 unspecified atom stereocenters. The van der Waals surface area contributed by atoms with Crippen molar-refractivity contribution < 1.29 is 4.42 Å². The number of hydrogen-bond donors (Lipinski definition) is 0. The second kappa shape index (κ2) is 13.8. The highest BCUT2D eigenvalue weighted by molar-refractivity contribution is 6.09. The van der Waals surface area contributed by atoms with Crippen molar-refractivity contribution in [3.63, 3.8) is 0 Å². The van der Waals surface area contributed by atoms with E-state index in [1.54, 1.807) is 0 Å². The van der Waals surface area contributed by atoms with Gasteiger partial charge in [0.2, 0.25) is 0 Å². The van der Waals surface area contributed by atoms with Crippen molar-refractivity contribution >= 4 is 43.5 Å². The third-order valence-corrected chi connectivity index (χ3v) is 13.4. The normalized spacial score (nSPS) is 13.5. The van der Waals surface area contributed by atoms with E-state index in [0.29, 0.717) is 0 Å². The average Bonchev–Trinajstić information content (AvgIpc) is 3.80. The van der Waals surface area contributed by atoms with Crippen LogP contribution in [0.15, 0.2) is 217 Å². The first-order valence-electron chi connectivity index (χ1n) is 21.4. The molecule has 1 aliphatic rings. The summed E-state index contributed by atoms with van der Waals surface area (Å²) in [6.07, 6.45) is 0. The monoisotopic (exact) mass is 778 g/mol. The summed E-state index contributed by atoms with van der Waals surface area (Å²) in [4.78, 5) is 0. The predicted octanol–water partition coefficient (Wildman–Crippen LogP) is 16.4. The maximum Gasteiger partial charge on any atom is 0.135 e. The standard InChI is InChI=1S/C60H42O/c1-60(2)55-36-44(43-30-33-58-53(34-43)52-18-10-11-19-57(52)61-58)28-31-50(55)51-32-29-46(37-56(51)60)59(54-35-45-14-6-7-15-47(45)48-16-8-9-17-49(48)54)42-26-24-41(25-27-42)40-22-20-39(21-23-40)38-12-4-3-5-13-38/h3-37,59H,1-2H3. The average molecular weight is 779 g/mol. The second-order valence-corrected chi connectivity index (χ2v) is 17.2. The topological polar surface area (TPSA) is 13.1 Å². The molecule has 288 valence electrons. The first-order chi connectivity index (χ1) is 30.0. The van der Waals surface area contributed by atoms with Crippen molar-refractivity contribution in [1.82, 2.24) is 0 Å². The first kappa shape index (κ1) is 35.5. The van der Waals surface area contributed by atoms with Crippen LogP contribution in [0.3, 0.4) is 0 Å². The summed E-state index contributed by atoms with van der Waals surface area (Å²) in [7, 11) is 0. The Labute approximate surface area is 356 Å². The molecule has 0 saturated carbocycles. The minimum atomic E-state index is -0.200. The van der Waals surface area contributed by atoms with Crippen molar-refractivity contribution in [2.24, 2.45) is 0 Å². The van der Waals surface area contributed by atoms with E-state index in [2.05, 4.69) is 214 Å². The zero-order chi connectivity index (χ0) is 40.7. The summed E-state index contributed by atoms with van der Waals surface area (Å²) in [5.41, 5.74) is 18.3. The summed E-state index contributed by atoms with van der Waals surface area (Å²) in [5.74, 6) is 0.0147. The molecule has 1 heterocycles. The minimum absolute atomic E-state index is 0.0147. The van der Waals surface area contributed by atoms with Gasteiger partial charge in [-0.2, -0.15) is 0 Å². The van der Waals surface area contributed by atoms with Crippen LogP contribution in [0.2, 0.25) is 0 Å². The molecule has 0 spiro atoms. The molecule has 0 saturated heterocycles. The largest absolute Gasteiger partial charge is 0.456 e. The number of rotatable bonds is 6. The molecule has 1 atom stereocenters. The predicted molar refractivity (Wildman–Crippen MR) is 256 cm³/mol. The molecule has 0 radical (unpaired) electrons. The molecule has 1 aromatic heterocycles. The van der Waals surface area contributed by atoms with E-state index in [1.807, 2.05) is 12.1 Å². The van der Waals surface area contributed by atoms with Crippen LogP contribution in [0, 0.1) is 0 Å². The van der Waals surface area contributed by atoms with Crippen LogP contribution in [0.4, 0.5) is 0 Å². The van der Waals surface area contributed by atoms with Gasteiger partial charge in [0, 0.05) is 22.1 Å². The molecule has 0 amide bonds. The van der Waals surface area contributed by atoms with Gasteiger partial charge in [-0.25, -0.2) is 0 Å². The highest BCUT2D eigenvalue weighted by Gasteiger charge is 2.37. The highest BCUT2D eigenvalue weighted by Crippen LogP contribution is 2.52. The highest BCUT2D eigenvalue weighted by atomic mass is 16.3. The number of para-hydroxylation sites is 1. The Morgan fingerprint density at radius 3 is 1.61 bits per heavy atom. The smallest absolute Gasteiger partial charge is 0.135 e. The van der Waals surface area contributed by atoms with Crippen LogP contribution in [0.5, 0.6) is 0 Å². The molecule has 12 rings (SSSR count). The van der Waals surface area contributed by atoms with Crippen LogP contribution < -0.4 is 0 Å². The van der Waals surface area contributed by atoms with Crippen molar-refractivity contribution in [2.45, 2.75) is 25.2 Å². The number of furan rings is 1. The van der Waals surface area contributed by atoms with Gasteiger partial charge in [-0.15, -0.1) is 0 Å². The fraction of sp³-hybridized carbons (Fsp3) is 0.0667. The van der Waals surface area contributed by atoms with Gasteiger partial charge in [0.15, 0.2) is 0 Å². The van der Waals surface area contributed by atoms with Gasteiger partial charge in [0.25, 0.3) is 0 Å². The summed E-state index contributed by atoms with van der Waals surface area (Å²) in [6.45, 7) is 4.80. The first-order valence-corrected chi connectivity index (χ1v) is 21.4. The zero-order valence-corrected chi connectivity index (χ0v) is 34.2. The maximum atomic E-state index is 6.18. The van der Waals surface area contributed by atoms with Crippen LogP contribution >= 0.6 is 0 Å². The fourth-order valence-electron chi connectivity index (χ4n) is 10.2. The number of hydrogen-bond acceptors (Lipinski definition) is 1. The lowest BCUT2D eigenvalue weighted by molar-refractivity contribution is 0.659. The summed E-state index contributed by atoms with van der Waals surface area (Å²) in [5, 5.41) is 7.44. The van der Waals surface area contributed by atoms with Gasteiger partial charge in [-0.3, -0.25) is 0 Å². The molecule has 0 bridgehead atoms. The number of fused-ring (bicyclic) bond motifs is 9. The minimum Gasteiger partial charge on any atom is -0.456 e. The van der Waals surface area contributed by atoms with Crippen LogP contribution in [-0.2, 0) is 5.41 Å². The summed E-state index contributed by atoms with van der Waals surface area (Å²) < 4.78 is 6.18. The summed E-state index contributed by atoms with van der Waals surface area (Å²) in [6, 6.07) is 78.4. The Balaban J connectivity index is 0.969. The van der Waals surface area contributed by atoms with Crippen molar-refractivity contribution in [3.05, 3.63) is 240 Å². The van der Waals surface area contributed by atoms with Gasteiger partial charge in [-0.05, 0) is 124 Å². The van der Waals surface area contributed by atoms with E-state index in [-0.39, 0.29) is 11.3 Å². The molecule has 1 aliphatic carbocycles. The third-order valence-electron chi connectivity index (χ3n) is 13.4. The Morgan fingerprint density at radius 2 is 0.852 bits per heavy atom. The lowest BCUT2D eigenvalue weighted by Crippen LogP contribution is -2.16. The van der Waals surface area contributed by atoms with Crippen LogP contribution in [-0.4, -0.2) is 0 Å². The molecule has 0 N–H and O–H groups in total. The van der Waals surface area contributed by atoms with Crippen molar-refractivity contribution in [2.75, 3.05) is 0 Å². The van der Waals surface area contributed by atoms with Gasteiger partial charge < -0.3 is 4.42 Å². The third kappa shape index (κ3) is 5.76. The summed E-state index contributed by atoms with van der Waals surface area (Å²) >= 11 is 0. The molecule has 0 fully saturated rings. The molecule has 1 nitrogen and oxygen atoms in total. The SMILES string of the molecule is CC1(C)c2cc(-c3ccc4oc5ccccc5c4c3)ccc2-c2ccc(C(c3ccc(-c4ccc(-c5ccccc5)cc4)cc3)c3cc4ccccc4c4ccccc34)cc21. The molecule has 61 heavy (non-hydrogen) atoms. The lowest BCUT2D eigenvalue weighted by Gasteiger charge is -2.26. The Kier molecular flexibility index (Phi) is 8.02. The zero-order valence-electron chi connectivity index (χ0n) is 34.2. The number of benzene rings is 10. The lowest BCUT2D eigenvalue weighted by atomic mass is 9.77. The fourth-order valence-corrected chi connectivity index (χ4v) is 10.2. The second-order valence-electron chi connectivity index (χ2n) is 17.2. The van der Waals surface area contributed by atoms with Gasteiger partial charge >= 0.3 is 0 Å². The van der Waals surface area contributed by atoms with Crippen LogP contribution in [0.1, 0.15) is 47.6 Å². The van der Waals surface area contributed by atoms with Crippen molar-refractivity contribution in [1.29, 1.82) is 0 Å². The van der Waals surface area contributed by atoms with E-state index in [1.165, 1.54) is 93.9 Å². The van der Waals surface area contributed by atoms with Gasteiger partial charge in [0.1, 0.15) is 11.2 Å². The molecule has 10 aromatic carbocycles. The van der Waals surface area contributed by atoms with E-state index >= 15 is 0 Å². The quantitative estimate of drug-likeness (QED) is 0.121. The Bertz CT molecular complexity index is 3480. The van der Waals surface area contributed by atoms with E-state index < -0.39 is 0 Å². The Morgan fingerprint density at radius 1 is 0.344 bits per heavy atom. The molecule has 1 heteroatoms. The molecule has 0 aliphatic heterocycles.